The standard InChI is InChI=1S/C29H28N4O2/c1-29(28(35)30-20-23-13-7-3-8-14-23)21-33-26(19-25(31-33)24-15-9-4-10-16-24)27(34)32(29)18-17-22-11-5-2-6-12-22/h2-16,19H,17-18,20-21H2,1H3,(H,30,35). The predicted octanol–water partition coefficient (Wildman–Crippen LogP) is 4.32. The molecule has 2 amide bonds. The second kappa shape index (κ2) is 9.58. The molecule has 176 valence electrons. The van der Waals surface area contributed by atoms with Crippen LogP contribution in [0.15, 0.2) is 97.1 Å². The fraction of sp³-hybridized carbons (Fsp3) is 0.207. The Morgan fingerprint density at radius 2 is 1.51 bits per heavy atom. The van der Waals surface area contributed by atoms with Crippen molar-refractivity contribution in [3.63, 3.8) is 0 Å². The normalized spacial score (nSPS) is 17.2. The van der Waals surface area contributed by atoms with Crippen LogP contribution in [0.5, 0.6) is 0 Å². The molecule has 1 atom stereocenters. The summed E-state index contributed by atoms with van der Waals surface area (Å²) in [5.41, 5.74) is 3.22. The Kier molecular flexibility index (Phi) is 6.19. The number of nitrogens with zero attached hydrogens (tertiary/aromatic N) is 3. The molecule has 0 bridgehead atoms. The SMILES string of the molecule is CC1(C(=O)NCc2ccccc2)Cn2nc(-c3ccccc3)cc2C(=O)N1CCc1ccccc1. The van der Waals surface area contributed by atoms with E-state index in [4.69, 9.17) is 5.10 Å². The molecule has 0 saturated carbocycles. The number of carbonyl (C=O) groups excluding carboxylic acids is 2. The molecule has 3 aromatic carbocycles. The van der Waals surface area contributed by atoms with Crippen molar-refractivity contribution in [3.8, 4) is 11.3 Å². The van der Waals surface area contributed by atoms with Crippen molar-refractivity contribution in [2.75, 3.05) is 6.54 Å². The van der Waals surface area contributed by atoms with Crippen LogP contribution in [0.25, 0.3) is 11.3 Å². The van der Waals surface area contributed by atoms with Crippen LogP contribution in [0.4, 0.5) is 0 Å². The fourth-order valence-corrected chi connectivity index (χ4v) is 4.60. The van der Waals surface area contributed by atoms with Crippen molar-refractivity contribution in [1.29, 1.82) is 0 Å². The molecular formula is C29H28N4O2. The minimum absolute atomic E-state index is 0.181. The van der Waals surface area contributed by atoms with Gasteiger partial charge in [-0.25, -0.2) is 0 Å². The van der Waals surface area contributed by atoms with Gasteiger partial charge in [-0.1, -0.05) is 91.0 Å². The highest BCUT2D eigenvalue weighted by molar-refractivity contribution is 6.00. The van der Waals surface area contributed by atoms with Gasteiger partial charge in [-0.2, -0.15) is 5.10 Å². The van der Waals surface area contributed by atoms with Crippen molar-refractivity contribution in [2.45, 2.75) is 32.0 Å². The lowest BCUT2D eigenvalue weighted by molar-refractivity contribution is -0.133. The number of rotatable bonds is 7. The van der Waals surface area contributed by atoms with Crippen LogP contribution in [0, 0.1) is 0 Å². The van der Waals surface area contributed by atoms with Crippen LogP contribution in [-0.2, 0) is 24.3 Å². The van der Waals surface area contributed by atoms with E-state index in [-0.39, 0.29) is 18.4 Å². The first-order valence-corrected chi connectivity index (χ1v) is 11.9. The molecule has 0 spiro atoms. The maximum atomic E-state index is 13.8. The summed E-state index contributed by atoms with van der Waals surface area (Å²) in [6, 6.07) is 31.4. The first-order chi connectivity index (χ1) is 17.0. The first-order valence-electron chi connectivity index (χ1n) is 11.9. The van der Waals surface area contributed by atoms with E-state index in [9.17, 15) is 9.59 Å². The number of hydrogen-bond donors (Lipinski definition) is 1. The zero-order valence-electron chi connectivity index (χ0n) is 19.7. The van der Waals surface area contributed by atoms with E-state index >= 15 is 0 Å². The molecule has 0 aliphatic carbocycles. The monoisotopic (exact) mass is 464 g/mol. The third-order valence-corrected chi connectivity index (χ3v) is 6.62. The Hall–Kier alpha value is -4.19. The highest BCUT2D eigenvalue weighted by Crippen LogP contribution is 2.30. The fourth-order valence-electron chi connectivity index (χ4n) is 4.60. The third kappa shape index (κ3) is 4.60. The van der Waals surface area contributed by atoms with Crippen molar-refractivity contribution in [3.05, 3.63) is 114 Å². The number of carbonyl (C=O) groups is 2. The lowest BCUT2D eigenvalue weighted by Gasteiger charge is -2.43. The van der Waals surface area contributed by atoms with Gasteiger partial charge in [0.2, 0.25) is 5.91 Å². The molecule has 4 aromatic rings. The van der Waals surface area contributed by atoms with Crippen molar-refractivity contribution >= 4 is 11.8 Å². The Balaban J connectivity index is 1.45. The predicted molar refractivity (Wildman–Crippen MR) is 136 cm³/mol. The molecule has 1 N–H and O–H groups in total. The maximum Gasteiger partial charge on any atom is 0.273 e. The molecule has 1 unspecified atom stereocenters. The number of benzene rings is 3. The maximum absolute atomic E-state index is 13.8. The molecular weight excluding hydrogens is 436 g/mol. The van der Waals surface area contributed by atoms with Crippen molar-refractivity contribution < 1.29 is 9.59 Å². The quantitative estimate of drug-likeness (QED) is 0.443. The Morgan fingerprint density at radius 1 is 0.914 bits per heavy atom. The third-order valence-electron chi connectivity index (χ3n) is 6.62. The zero-order valence-corrected chi connectivity index (χ0v) is 19.7. The molecule has 1 aliphatic heterocycles. The number of hydrogen-bond acceptors (Lipinski definition) is 3. The van der Waals surface area contributed by atoms with Crippen LogP contribution >= 0.6 is 0 Å². The van der Waals surface area contributed by atoms with Crippen LogP contribution < -0.4 is 5.32 Å². The average Bonchev–Trinajstić information content (AvgIpc) is 3.33. The van der Waals surface area contributed by atoms with E-state index in [1.807, 2.05) is 104 Å². The summed E-state index contributed by atoms with van der Waals surface area (Å²) in [6.45, 7) is 2.96. The van der Waals surface area contributed by atoms with Gasteiger partial charge in [0, 0.05) is 18.7 Å². The van der Waals surface area contributed by atoms with Gasteiger partial charge in [0.15, 0.2) is 0 Å². The van der Waals surface area contributed by atoms with Gasteiger partial charge in [0.05, 0.1) is 12.2 Å². The molecule has 0 radical (unpaired) electrons. The molecule has 35 heavy (non-hydrogen) atoms. The second-order valence-electron chi connectivity index (χ2n) is 9.07. The topological polar surface area (TPSA) is 67.2 Å². The Labute approximate surface area is 205 Å². The highest BCUT2D eigenvalue weighted by atomic mass is 16.2. The average molecular weight is 465 g/mol. The summed E-state index contributed by atoms with van der Waals surface area (Å²) < 4.78 is 1.69. The number of nitrogens with one attached hydrogen (secondary N) is 1. The van der Waals surface area contributed by atoms with E-state index in [1.54, 1.807) is 9.58 Å². The summed E-state index contributed by atoms with van der Waals surface area (Å²) in [4.78, 5) is 29.1. The van der Waals surface area contributed by atoms with Gasteiger partial charge in [-0.15, -0.1) is 0 Å². The molecule has 6 nitrogen and oxygen atoms in total. The Bertz CT molecular complexity index is 1320. The first kappa shape index (κ1) is 22.6. The number of amides is 2. The van der Waals surface area contributed by atoms with Gasteiger partial charge in [-0.3, -0.25) is 14.3 Å². The van der Waals surface area contributed by atoms with Gasteiger partial charge < -0.3 is 10.2 Å². The van der Waals surface area contributed by atoms with Crippen LogP contribution in [0.2, 0.25) is 0 Å². The van der Waals surface area contributed by atoms with Crippen LogP contribution in [0.1, 0.15) is 28.5 Å². The van der Waals surface area contributed by atoms with Gasteiger partial charge in [0.1, 0.15) is 11.2 Å². The molecule has 1 aromatic heterocycles. The molecule has 2 heterocycles. The van der Waals surface area contributed by atoms with Gasteiger partial charge in [-0.05, 0) is 30.5 Å². The lowest BCUT2D eigenvalue weighted by Crippen LogP contribution is -2.64. The molecule has 1 aliphatic rings. The molecule has 6 heteroatoms. The molecule has 5 rings (SSSR count). The Morgan fingerprint density at radius 3 is 2.17 bits per heavy atom. The number of aromatic nitrogens is 2. The summed E-state index contributed by atoms with van der Waals surface area (Å²) in [5.74, 6) is -0.371. The van der Waals surface area contributed by atoms with Crippen LogP contribution in [-0.4, -0.2) is 38.6 Å². The van der Waals surface area contributed by atoms with E-state index in [2.05, 4.69) is 5.32 Å². The summed E-state index contributed by atoms with van der Waals surface area (Å²) >= 11 is 0. The van der Waals surface area contributed by atoms with E-state index in [0.717, 1.165) is 22.4 Å². The van der Waals surface area contributed by atoms with E-state index < -0.39 is 5.54 Å². The summed E-state index contributed by atoms with van der Waals surface area (Å²) in [5, 5.41) is 7.76. The van der Waals surface area contributed by atoms with E-state index in [1.165, 1.54) is 0 Å². The minimum Gasteiger partial charge on any atom is -0.350 e. The minimum atomic E-state index is -1.08. The van der Waals surface area contributed by atoms with Gasteiger partial charge in [0.25, 0.3) is 5.91 Å². The zero-order chi connectivity index (χ0) is 24.3. The van der Waals surface area contributed by atoms with Crippen molar-refractivity contribution in [1.82, 2.24) is 20.0 Å². The summed E-state index contributed by atoms with van der Waals surface area (Å²) in [7, 11) is 0. The molecule has 0 fully saturated rings. The largest absolute Gasteiger partial charge is 0.350 e. The van der Waals surface area contributed by atoms with Crippen molar-refractivity contribution in [2.24, 2.45) is 0 Å². The van der Waals surface area contributed by atoms with E-state index in [0.29, 0.717) is 25.2 Å². The van der Waals surface area contributed by atoms with Crippen LogP contribution in [0.3, 0.4) is 0 Å². The lowest BCUT2D eigenvalue weighted by atomic mass is 9.94. The van der Waals surface area contributed by atoms with Gasteiger partial charge >= 0.3 is 0 Å². The summed E-state index contributed by atoms with van der Waals surface area (Å²) in [6.07, 6.45) is 0.661. The smallest absolute Gasteiger partial charge is 0.273 e. The number of fused-ring (bicyclic) bond motifs is 1. The highest BCUT2D eigenvalue weighted by Gasteiger charge is 2.47. The molecule has 0 saturated heterocycles. The second-order valence-corrected chi connectivity index (χ2v) is 9.07.